The molecule has 0 fully saturated rings. The molecule has 3 nitrogen and oxygen atoms in total. The Bertz CT molecular complexity index is 457. The smallest absolute Gasteiger partial charge is 0.136 e. The average molecular weight is 263 g/mol. The molecule has 18 heavy (non-hydrogen) atoms. The highest BCUT2D eigenvalue weighted by Gasteiger charge is 2.18. The number of pyridine rings is 1. The van der Waals surface area contributed by atoms with E-state index < -0.39 is 0 Å². The van der Waals surface area contributed by atoms with E-state index in [-0.39, 0.29) is 0 Å². The maximum absolute atomic E-state index is 5.81. The van der Waals surface area contributed by atoms with Crippen LogP contribution in [-0.2, 0) is 12.8 Å². The minimum Gasteiger partial charge on any atom is -0.389 e. The summed E-state index contributed by atoms with van der Waals surface area (Å²) in [4.78, 5) is 5.15. The van der Waals surface area contributed by atoms with Crippen molar-refractivity contribution in [2.75, 3.05) is 5.32 Å². The minimum absolute atomic E-state index is 0.398. The third-order valence-corrected chi connectivity index (χ3v) is 3.64. The highest BCUT2D eigenvalue weighted by molar-refractivity contribution is 7.80. The summed E-state index contributed by atoms with van der Waals surface area (Å²) >= 11 is 5.14. The number of nitrogens with zero attached hydrogens (tertiary/aromatic N) is 1. The largest absolute Gasteiger partial charge is 0.389 e. The fourth-order valence-electron chi connectivity index (χ4n) is 2.51. The lowest BCUT2D eigenvalue weighted by Gasteiger charge is -2.17. The fraction of sp³-hybridized carbons (Fsp3) is 0.571. The average Bonchev–Trinajstić information content (AvgIpc) is 2.74. The third-order valence-electron chi connectivity index (χ3n) is 3.42. The van der Waals surface area contributed by atoms with Gasteiger partial charge in [0, 0.05) is 11.7 Å². The molecule has 0 bridgehead atoms. The van der Waals surface area contributed by atoms with Gasteiger partial charge in [0.25, 0.3) is 0 Å². The summed E-state index contributed by atoms with van der Waals surface area (Å²) in [6.45, 7) is 4.35. The van der Waals surface area contributed by atoms with Crippen LogP contribution in [0.15, 0.2) is 6.07 Å². The van der Waals surface area contributed by atoms with Gasteiger partial charge >= 0.3 is 0 Å². The lowest BCUT2D eigenvalue weighted by Crippen LogP contribution is -2.21. The summed E-state index contributed by atoms with van der Waals surface area (Å²) in [5.74, 6) is 0.865. The van der Waals surface area contributed by atoms with Gasteiger partial charge in [-0.05, 0) is 44.2 Å². The molecule has 0 spiro atoms. The summed E-state index contributed by atoms with van der Waals surface area (Å²) in [6, 6.07) is 2.52. The topological polar surface area (TPSA) is 50.9 Å². The molecule has 98 valence electrons. The van der Waals surface area contributed by atoms with Crippen LogP contribution in [0.5, 0.6) is 0 Å². The van der Waals surface area contributed by atoms with Crippen molar-refractivity contribution in [2.45, 2.75) is 52.0 Å². The van der Waals surface area contributed by atoms with E-state index in [0.717, 1.165) is 37.1 Å². The predicted molar refractivity (Wildman–Crippen MR) is 80.1 cm³/mol. The number of nitrogens with one attached hydrogen (secondary N) is 1. The molecule has 1 unspecified atom stereocenters. The van der Waals surface area contributed by atoms with Crippen LogP contribution in [0.25, 0.3) is 0 Å². The zero-order chi connectivity index (χ0) is 13.1. The minimum atomic E-state index is 0.398. The van der Waals surface area contributed by atoms with Crippen LogP contribution in [0.4, 0.5) is 5.82 Å². The van der Waals surface area contributed by atoms with E-state index in [1.54, 1.807) is 0 Å². The number of hydrogen-bond acceptors (Lipinski definition) is 3. The molecule has 3 N–H and O–H groups in total. The molecule has 0 aromatic carbocycles. The Labute approximate surface area is 114 Å². The number of anilines is 1. The van der Waals surface area contributed by atoms with Crippen molar-refractivity contribution in [3.05, 3.63) is 22.9 Å². The zero-order valence-electron chi connectivity index (χ0n) is 11.1. The molecule has 0 radical (unpaired) electrons. The first-order chi connectivity index (χ1) is 8.61. The van der Waals surface area contributed by atoms with Crippen molar-refractivity contribution in [1.29, 1.82) is 0 Å². The van der Waals surface area contributed by atoms with Crippen LogP contribution < -0.4 is 11.1 Å². The number of fused-ring (bicyclic) bond motifs is 1. The van der Waals surface area contributed by atoms with Gasteiger partial charge in [-0.25, -0.2) is 4.98 Å². The van der Waals surface area contributed by atoms with E-state index >= 15 is 0 Å². The van der Waals surface area contributed by atoms with Crippen LogP contribution >= 0.6 is 12.2 Å². The molecule has 4 heteroatoms. The molecule has 1 atom stereocenters. The Balaban J connectivity index is 2.29. The maximum atomic E-state index is 5.81. The summed E-state index contributed by atoms with van der Waals surface area (Å²) in [5, 5.41) is 3.44. The predicted octanol–water partition coefficient (Wildman–Crippen LogP) is 2.81. The Morgan fingerprint density at radius 3 is 3.00 bits per heavy atom. The summed E-state index contributed by atoms with van der Waals surface area (Å²) < 4.78 is 0. The Morgan fingerprint density at radius 2 is 2.33 bits per heavy atom. The van der Waals surface area contributed by atoms with Crippen molar-refractivity contribution >= 4 is 23.0 Å². The van der Waals surface area contributed by atoms with Gasteiger partial charge in [-0.15, -0.1) is 0 Å². The molecule has 1 aliphatic rings. The van der Waals surface area contributed by atoms with Crippen molar-refractivity contribution in [2.24, 2.45) is 5.73 Å². The molecule has 1 aromatic heterocycles. The molecular formula is C14H21N3S. The molecule has 0 saturated carbocycles. The number of aromatic nitrogens is 1. The van der Waals surface area contributed by atoms with E-state index in [1.807, 2.05) is 0 Å². The van der Waals surface area contributed by atoms with Gasteiger partial charge in [0.1, 0.15) is 10.8 Å². The highest BCUT2D eigenvalue weighted by atomic mass is 32.1. The van der Waals surface area contributed by atoms with Crippen LogP contribution in [-0.4, -0.2) is 16.0 Å². The second-order valence-electron chi connectivity index (χ2n) is 5.04. The Hall–Kier alpha value is -1.16. The second kappa shape index (κ2) is 5.65. The fourth-order valence-corrected chi connectivity index (χ4v) is 2.66. The lowest BCUT2D eigenvalue weighted by atomic mass is 10.1. The number of aryl methyl sites for hydroxylation is 2. The van der Waals surface area contributed by atoms with E-state index in [2.05, 4.69) is 25.2 Å². The molecule has 0 saturated heterocycles. The van der Waals surface area contributed by atoms with E-state index in [4.69, 9.17) is 22.9 Å². The molecule has 0 amide bonds. The summed E-state index contributed by atoms with van der Waals surface area (Å²) in [7, 11) is 0. The second-order valence-corrected chi connectivity index (χ2v) is 5.48. The van der Waals surface area contributed by atoms with Crippen LogP contribution in [0.1, 0.15) is 49.9 Å². The van der Waals surface area contributed by atoms with Gasteiger partial charge in [0.2, 0.25) is 0 Å². The van der Waals surface area contributed by atoms with Crippen LogP contribution in [0.3, 0.4) is 0 Å². The third kappa shape index (κ3) is 2.80. The molecule has 0 aliphatic heterocycles. The van der Waals surface area contributed by atoms with Gasteiger partial charge in [0.15, 0.2) is 0 Å². The highest BCUT2D eigenvalue weighted by Crippen LogP contribution is 2.26. The quantitative estimate of drug-likeness (QED) is 0.802. The van der Waals surface area contributed by atoms with E-state index in [1.165, 1.54) is 17.7 Å². The Kier molecular flexibility index (Phi) is 4.17. The maximum Gasteiger partial charge on any atom is 0.136 e. The lowest BCUT2D eigenvalue weighted by molar-refractivity contribution is 0.687. The summed E-state index contributed by atoms with van der Waals surface area (Å²) in [5.41, 5.74) is 9.23. The molecule has 2 rings (SSSR count). The first-order valence-corrected chi connectivity index (χ1v) is 7.11. The number of hydrogen-bond donors (Lipinski definition) is 2. The van der Waals surface area contributed by atoms with Gasteiger partial charge < -0.3 is 11.1 Å². The standard InChI is InChI=1S/C14H21N3S/c1-3-5-9(2)16-14-11(13(15)18)8-10-6-4-7-12(10)17-14/h8-9H,3-7H2,1-2H3,(H2,15,18)(H,16,17). The molecular weight excluding hydrogens is 242 g/mol. The molecule has 1 aliphatic carbocycles. The van der Waals surface area contributed by atoms with E-state index in [0.29, 0.717) is 11.0 Å². The molecule has 1 heterocycles. The van der Waals surface area contributed by atoms with E-state index in [9.17, 15) is 0 Å². The van der Waals surface area contributed by atoms with Gasteiger partial charge in [-0.3, -0.25) is 0 Å². The number of nitrogens with two attached hydrogens (primary N) is 1. The van der Waals surface area contributed by atoms with Crippen LogP contribution in [0.2, 0.25) is 0 Å². The van der Waals surface area contributed by atoms with Crippen molar-refractivity contribution in [3.8, 4) is 0 Å². The van der Waals surface area contributed by atoms with Crippen molar-refractivity contribution in [3.63, 3.8) is 0 Å². The number of thiocarbonyl (C=S) groups is 1. The van der Waals surface area contributed by atoms with Crippen molar-refractivity contribution in [1.82, 2.24) is 4.98 Å². The zero-order valence-corrected chi connectivity index (χ0v) is 11.9. The number of rotatable bonds is 5. The van der Waals surface area contributed by atoms with Gasteiger partial charge in [0.05, 0.1) is 5.56 Å². The SMILES string of the molecule is CCCC(C)Nc1nc2c(cc1C(N)=S)CCC2. The van der Waals surface area contributed by atoms with Gasteiger partial charge in [-0.2, -0.15) is 0 Å². The Morgan fingerprint density at radius 1 is 1.56 bits per heavy atom. The first kappa shape index (κ1) is 13.3. The van der Waals surface area contributed by atoms with Crippen LogP contribution in [0, 0.1) is 0 Å². The first-order valence-electron chi connectivity index (χ1n) is 6.71. The molecule has 1 aromatic rings. The monoisotopic (exact) mass is 263 g/mol. The van der Waals surface area contributed by atoms with Crippen molar-refractivity contribution < 1.29 is 0 Å². The normalized spacial score (nSPS) is 15.2. The summed E-state index contributed by atoms with van der Waals surface area (Å²) in [6.07, 6.45) is 5.64. The van der Waals surface area contributed by atoms with Gasteiger partial charge in [-0.1, -0.05) is 25.6 Å².